The van der Waals surface area contributed by atoms with Gasteiger partial charge in [-0.25, -0.2) is 15.2 Å². The molecule has 2 amide bonds. The molecule has 122 valence electrons. The number of nitrogens with zero attached hydrogens (tertiary/aromatic N) is 2. The molecule has 0 saturated heterocycles. The van der Waals surface area contributed by atoms with Crippen LogP contribution in [-0.2, 0) is 13.6 Å². The van der Waals surface area contributed by atoms with Crippen LogP contribution < -0.4 is 15.9 Å². The number of nitrogens with two attached hydrogens (primary N) is 1. The van der Waals surface area contributed by atoms with Gasteiger partial charge in [0.1, 0.15) is 6.61 Å². The zero-order valence-electron chi connectivity index (χ0n) is 12.0. The van der Waals surface area contributed by atoms with Crippen molar-refractivity contribution < 1.29 is 23.1 Å². The van der Waals surface area contributed by atoms with Gasteiger partial charge in [0.15, 0.2) is 0 Å². The third-order valence-corrected chi connectivity index (χ3v) is 4.44. The van der Waals surface area contributed by atoms with E-state index in [-0.39, 0.29) is 24.4 Å². The molecular formula is C11H16ClN4O5P. The minimum Gasteiger partial charge on any atom is -0.471 e. The summed E-state index contributed by atoms with van der Waals surface area (Å²) in [6, 6.07) is 2.21. The Hall–Kier alpha value is -1.67. The highest BCUT2D eigenvalue weighted by Gasteiger charge is 2.24. The third-order valence-electron chi connectivity index (χ3n) is 2.34. The second kappa shape index (κ2) is 8.70. The number of nitrogens with one attached hydrogen (secondary N) is 1. The molecule has 1 heterocycles. The molecule has 0 saturated carbocycles. The van der Waals surface area contributed by atoms with Crippen LogP contribution in [0.1, 0.15) is 0 Å². The van der Waals surface area contributed by atoms with Crippen LogP contribution in [0.15, 0.2) is 23.4 Å². The fourth-order valence-electron chi connectivity index (χ4n) is 1.30. The lowest BCUT2D eigenvalue weighted by Crippen LogP contribution is -2.28. The number of ether oxygens (including phenoxy) is 1. The van der Waals surface area contributed by atoms with E-state index in [1.165, 1.54) is 26.5 Å². The second-order valence-electron chi connectivity index (χ2n) is 3.89. The molecule has 0 fully saturated rings. The number of halogens is 1. The van der Waals surface area contributed by atoms with Crippen LogP contribution in [0.25, 0.3) is 0 Å². The third kappa shape index (κ3) is 6.40. The Bertz CT molecular complexity index is 590. The number of primary amides is 1. The monoisotopic (exact) mass is 350 g/mol. The summed E-state index contributed by atoms with van der Waals surface area (Å²) < 4.78 is 27.1. The van der Waals surface area contributed by atoms with E-state index in [1.807, 2.05) is 5.43 Å². The van der Waals surface area contributed by atoms with E-state index in [2.05, 4.69) is 10.1 Å². The molecule has 0 aromatic carbocycles. The molecule has 1 rings (SSSR count). The molecule has 0 spiro atoms. The summed E-state index contributed by atoms with van der Waals surface area (Å²) in [6.07, 6.45) is 1.27. The average Bonchev–Trinajstić information content (AvgIpc) is 2.49. The zero-order chi connectivity index (χ0) is 16.6. The van der Waals surface area contributed by atoms with Crippen molar-refractivity contribution in [3.63, 3.8) is 0 Å². The first-order chi connectivity index (χ1) is 10.4. The van der Waals surface area contributed by atoms with Gasteiger partial charge >= 0.3 is 13.6 Å². The van der Waals surface area contributed by atoms with Crippen molar-refractivity contribution in [3.05, 3.63) is 23.4 Å². The number of amides is 2. The van der Waals surface area contributed by atoms with E-state index in [9.17, 15) is 9.36 Å². The molecule has 0 bridgehead atoms. The Morgan fingerprint density at radius 3 is 2.73 bits per heavy atom. The summed E-state index contributed by atoms with van der Waals surface area (Å²) in [5.74, 6) is 0.240. The fourth-order valence-corrected chi connectivity index (χ4v) is 2.46. The number of carbonyl (C=O) groups is 1. The van der Waals surface area contributed by atoms with E-state index in [1.54, 1.807) is 6.07 Å². The van der Waals surface area contributed by atoms with Gasteiger partial charge in [0.05, 0.1) is 11.9 Å². The number of hydrogen-bond donors (Lipinski definition) is 2. The molecule has 1 aromatic heterocycles. The number of hydrogen-bond acceptors (Lipinski definition) is 7. The Morgan fingerprint density at radius 1 is 1.50 bits per heavy atom. The molecule has 0 unspecified atom stereocenters. The summed E-state index contributed by atoms with van der Waals surface area (Å²) in [7, 11) is -0.900. The summed E-state index contributed by atoms with van der Waals surface area (Å²) in [4.78, 5) is 14.7. The SMILES string of the molecule is COP(=O)(CC(COc1cc(Cl)ccn1)=NNC(N)=O)OC. The van der Waals surface area contributed by atoms with Gasteiger partial charge in [-0.05, 0) is 6.07 Å². The van der Waals surface area contributed by atoms with Gasteiger partial charge < -0.3 is 19.5 Å². The van der Waals surface area contributed by atoms with Gasteiger partial charge in [-0.2, -0.15) is 5.10 Å². The summed E-state index contributed by atoms with van der Waals surface area (Å²) in [5.41, 5.74) is 7.16. The van der Waals surface area contributed by atoms with Crippen LogP contribution in [0, 0.1) is 0 Å². The number of pyridine rings is 1. The molecule has 0 aliphatic heterocycles. The highest BCUT2D eigenvalue weighted by molar-refractivity contribution is 7.54. The largest absolute Gasteiger partial charge is 0.471 e. The smallest absolute Gasteiger partial charge is 0.335 e. The Balaban J connectivity index is 2.80. The number of rotatable bonds is 8. The van der Waals surface area contributed by atoms with Gasteiger partial charge in [-0.15, -0.1) is 0 Å². The minimum atomic E-state index is -3.38. The van der Waals surface area contributed by atoms with Crippen molar-refractivity contribution in [2.75, 3.05) is 27.0 Å². The van der Waals surface area contributed by atoms with Crippen LogP contribution >= 0.6 is 19.2 Å². The van der Waals surface area contributed by atoms with Crippen molar-refractivity contribution in [2.45, 2.75) is 0 Å². The van der Waals surface area contributed by atoms with Gasteiger partial charge in [0.2, 0.25) is 5.88 Å². The van der Waals surface area contributed by atoms with E-state index in [4.69, 9.17) is 31.1 Å². The number of urea groups is 1. The average molecular weight is 351 g/mol. The maximum atomic E-state index is 12.1. The maximum Gasteiger partial charge on any atom is 0.335 e. The van der Waals surface area contributed by atoms with Crippen molar-refractivity contribution in [3.8, 4) is 5.88 Å². The van der Waals surface area contributed by atoms with Gasteiger partial charge in [0, 0.05) is 31.5 Å². The van der Waals surface area contributed by atoms with Gasteiger partial charge in [-0.3, -0.25) is 4.57 Å². The van der Waals surface area contributed by atoms with Crippen molar-refractivity contribution in [1.82, 2.24) is 10.4 Å². The Kier molecular flexibility index (Phi) is 7.26. The van der Waals surface area contributed by atoms with Crippen molar-refractivity contribution in [2.24, 2.45) is 10.8 Å². The molecular weight excluding hydrogens is 335 g/mol. The Morgan fingerprint density at radius 2 is 2.18 bits per heavy atom. The van der Waals surface area contributed by atoms with Gasteiger partial charge in [-0.1, -0.05) is 11.6 Å². The number of hydrazone groups is 1. The topological polar surface area (TPSA) is 125 Å². The first-order valence-corrected chi connectivity index (χ1v) is 8.05. The first-order valence-electron chi connectivity index (χ1n) is 5.94. The zero-order valence-corrected chi connectivity index (χ0v) is 13.6. The lowest BCUT2D eigenvalue weighted by atomic mass is 10.4. The van der Waals surface area contributed by atoms with E-state index >= 15 is 0 Å². The molecule has 0 radical (unpaired) electrons. The predicted octanol–water partition coefficient (Wildman–Crippen LogP) is 1.62. The molecule has 0 aliphatic carbocycles. The quantitative estimate of drug-likeness (QED) is 0.417. The molecule has 3 N–H and O–H groups in total. The molecule has 9 nitrogen and oxygen atoms in total. The fraction of sp³-hybridized carbons (Fsp3) is 0.364. The minimum absolute atomic E-state index is 0.121. The maximum absolute atomic E-state index is 12.1. The van der Waals surface area contributed by atoms with Crippen molar-refractivity contribution in [1.29, 1.82) is 0 Å². The lowest BCUT2D eigenvalue weighted by molar-refractivity contribution is 0.249. The summed E-state index contributed by atoms with van der Waals surface area (Å²) in [5, 5.41) is 4.16. The van der Waals surface area contributed by atoms with Crippen molar-refractivity contribution >= 4 is 30.9 Å². The molecule has 0 aliphatic rings. The van der Waals surface area contributed by atoms with E-state index in [0.717, 1.165) is 0 Å². The van der Waals surface area contributed by atoms with Crippen LogP contribution in [0.2, 0.25) is 5.02 Å². The second-order valence-corrected chi connectivity index (χ2v) is 6.59. The summed E-state index contributed by atoms with van der Waals surface area (Å²) >= 11 is 5.81. The number of carbonyl (C=O) groups excluding carboxylic acids is 1. The molecule has 11 heteroatoms. The summed E-state index contributed by atoms with van der Waals surface area (Å²) in [6.45, 7) is -0.121. The molecule has 1 aromatic rings. The lowest BCUT2D eigenvalue weighted by Gasteiger charge is -2.15. The van der Waals surface area contributed by atoms with Crippen LogP contribution in [0.3, 0.4) is 0 Å². The van der Waals surface area contributed by atoms with Gasteiger partial charge in [0.25, 0.3) is 0 Å². The highest BCUT2D eigenvalue weighted by atomic mass is 35.5. The van der Waals surface area contributed by atoms with E-state index in [0.29, 0.717) is 5.02 Å². The van der Waals surface area contributed by atoms with Crippen LogP contribution in [0.5, 0.6) is 5.88 Å². The van der Waals surface area contributed by atoms with Crippen LogP contribution in [0.4, 0.5) is 4.79 Å². The van der Waals surface area contributed by atoms with E-state index < -0.39 is 13.6 Å². The molecule has 22 heavy (non-hydrogen) atoms. The predicted molar refractivity (Wildman–Crippen MR) is 81.4 cm³/mol. The Labute approximate surface area is 132 Å². The molecule has 0 atom stereocenters. The highest BCUT2D eigenvalue weighted by Crippen LogP contribution is 2.46. The first kappa shape index (κ1) is 18.4. The standard InChI is InChI=1S/C11H16ClN4O5P/c1-19-22(18,20-2)7-9(15-16-11(13)17)6-21-10-5-8(12)3-4-14-10/h3-5H,6-7H2,1-2H3,(H3,13,16,17). The van der Waals surface area contributed by atoms with Crippen LogP contribution in [-0.4, -0.2) is 43.7 Å². The normalized spacial score (nSPS) is 12.0. The number of aromatic nitrogens is 1.